The van der Waals surface area contributed by atoms with E-state index in [1.807, 2.05) is 79.4 Å². The fraction of sp³-hybridized carbons (Fsp3) is 0.231. The lowest BCUT2D eigenvalue weighted by atomic mass is 10.0. The number of fused-ring (bicyclic) bond motifs is 1. The van der Waals surface area contributed by atoms with Crippen LogP contribution in [-0.4, -0.2) is 45.2 Å². The number of carbonyl (C=O) groups is 1. The zero-order chi connectivity index (χ0) is 23.8. The van der Waals surface area contributed by atoms with Crippen LogP contribution in [0.1, 0.15) is 44.5 Å². The van der Waals surface area contributed by atoms with Crippen molar-refractivity contribution in [3.63, 3.8) is 0 Å². The Morgan fingerprint density at radius 3 is 2.38 bits per heavy atom. The van der Waals surface area contributed by atoms with Gasteiger partial charge in [0.2, 0.25) is 0 Å². The monoisotopic (exact) mass is 455 g/mol. The van der Waals surface area contributed by atoms with E-state index in [4.69, 9.17) is 9.47 Å². The van der Waals surface area contributed by atoms with E-state index in [2.05, 4.69) is 15.5 Å². The van der Waals surface area contributed by atoms with Gasteiger partial charge in [-0.1, -0.05) is 42.5 Å². The van der Waals surface area contributed by atoms with Crippen molar-refractivity contribution in [1.82, 2.24) is 25.1 Å². The molecule has 3 aromatic carbocycles. The third-order valence-corrected chi connectivity index (χ3v) is 6.25. The fourth-order valence-corrected chi connectivity index (χ4v) is 4.65. The van der Waals surface area contributed by atoms with Crippen molar-refractivity contribution in [2.24, 2.45) is 0 Å². The van der Waals surface area contributed by atoms with Crippen molar-refractivity contribution < 1.29 is 14.3 Å². The normalized spacial score (nSPS) is 14.9. The minimum absolute atomic E-state index is 0.0635. The molecule has 0 saturated carbocycles. The molecule has 8 nitrogen and oxygen atoms in total. The van der Waals surface area contributed by atoms with Gasteiger partial charge in [-0.15, -0.1) is 5.10 Å². The summed E-state index contributed by atoms with van der Waals surface area (Å²) >= 11 is 0. The summed E-state index contributed by atoms with van der Waals surface area (Å²) in [5.41, 5.74) is 5.48. The Balaban J connectivity index is 1.62. The fourth-order valence-electron chi connectivity index (χ4n) is 4.65. The molecule has 1 aromatic heterocycles. The SMILES string of the molecule is COc1ccc(CN2C(=O)c3ccccc3C2c2nnnn2-c2c(C)cccc2C)cc1OC. The van der Waals surface area contributed by atoms with Gasteiger partial charge in [-0.2, -0.15) is 4.68 Å². The van der Waals surface area contributed by atoms with Gasteiger partial charge in [0.15, 0.2) is 17.3 Å². The van der Waals surface area contributed by atoms with Crippen molar-refractivity contribution in [2.75, 3.05) is 14.2 Å². The number of aromatic nitrogens is 4. The molecule has 0 spiro atoms. The number of methoxy groups -OCH3 is 2. The molecule has 0 fully saturated rings. The molecule has 2 heterocycles. The summed E-state index contributed by atoms with van der Waals surface area (Å²) in [5.74, 6) is 1.78. The minimum Gasteiger partial charge on any atom is -0.493 e. The highest BCUT2D eigenvalue weighted by Gasteiger charge is 2.41. The first-order valence-corrected chi connectivity index (χ1v) is 11.0. The number of hydrogen-bond donors (Lipinski definition) is 0. The quantitative estimate of drug-likeness (QED) is 0.436. The van der Waals surface area contributed by atoms with Gasteiger partial charge in [0.05, 0.1) is 19.9 Å². The second-order valence-electron chi connectivity index (χ2n) is 8.30. The van der Waals surface area contributed by atoms with E-state index in [-0.39, 0.29) is 5.91 Å². The van der Waals surface area contributed by atoms with E-state index in [1.165, 1.54) is 0 Å². The summed E-state index contributed by atoms with van der Waals surface area (Å²) in [6, 6.07) is 18.9. The summed E-state index contributed by atoms with van der Waals surface area (Å²) in [5, 5.41) is 12.7. The zero-order valence-electron chi connectivity index (χ0n) is 19.5. The molecule has 172 valence electrons. The number of aryl methyl sites for hydroxylation is 2. The lowest BCUT2D eigenvalue weighted by Gasteiger charge is -2.25. The standard InChI is InChI=1S/C26H25N5O3/c1-16-8-7-9-17(2)23(16)31-25(27-28-29-31)24-19-10-5-6-11-20(19)26(32)30(24)15-18-12-13-21(33-3)22(14-18)34-4/h5-14,24H,15H2,1-4H3. The maximum atomic E-state index is 13.6. The topological polar surface area (TPSA) is 82.4 Å². The zero-order valence-corrected chi connectivity index (χ0v) is 19.5. The van der Waals surface area contributed by atoms with Crippen molar-refractivity contribution in [3.05, 3.63) is 94.3 Å². The second-order valence-corrected chi connectivity index (χ2v) is 8.30. The van der Waals surface area contributed by atoms with Gasteiger partial charge >= 0.3 is 0 Å². The number of rotatable bonds is 6. The van der Waals surface area contributed by atoms with Crippen molar-refractivity contribution in [2.45, 2.75) is 26.4 Å². The average Bonchev–Trinajstić information content (AvgIpc) is 3.42. The third-order valence-electron chi connectivity index (χ3n) is 6.25. The Kier molecular flexibility index (Phi) is 5.49. The molecule has 0 saturated heterocycles. The number of para-hydroxylation sites is 1. The third kappa shape index (κ3) is 3.48. The highest BCUT2D eigenvalue weighted by molar-refractivity contribution is 5.99. The summed E-state index contributed by atoms with van der Waals surface area (Å²) in [6.07, 6.45) is 0. The molecule has 1 aliphatic heterocycles. The molecule has 0 radical (unpaired) electrons. The number of carbonyl (C=O) groups excluding carboxylic acids is 1. The molecule has 1 unspecified atom stereocenters. The van der Waals surface area contributed by atoms with E-state index in [9.17, 15) is 4.79 Å². The van der Waals surface area contributed by atoms with Gasteiger partial charge < -0.3 is 14.4 Å². The Morgan fingerprint density at radius 2 is 1.65 bits per heavy atom. The highest BCUT2D eigenvalue weighted by Crippen LogP contribution is 2.40. The molecule has 5 rings (SSSR count). The van der Waals surface area contributed by atoms with Crippen LogP contribution in [0.4, 0.5) is 0 Å². The van der Waals surface area contributed by atoms with E-state index in [0.29, 0.717) is 29.4 Å². The Labute approximate surface area is 197 Å². The predicted octanol–water partition coefficient (Wildman–Crippen LogP) is 4.04. The van der Waals surface area contributed by atoms with Gasteiger partial charge in [-0.3, -0.25) is 4.79 Å². The van der Waals surface area contributed by atoms with Crippen molar-refractivity contribution >= 4 is 5.91 Å². The molecule has 1 atom stereocenters. The molecule has 1 amide bonds. The summed E-state index contributed by atoms with van der Waals surface area (Å²) in [4.78, 5) is 15.4. The van der Waals surface area contributed by atoms with Crippen LogP contribution in [0.5, 0.6) is 11.5 Å². The van der Waals surface area contributed by atoms with Crippen molar-refractivity contribution in [1.29, 1.82) is 0 Å². The number of hydrogen-bond acceptors (Lipinski definition) is 6. The van der Waals surface area contributed by atoms with Gasteiger partial charge in [0, 0.05) is 12.1 Å². The van der Waals surface area contributed by atoms with Crippen LogP contribution in [0.25, 0.3) is 5.69 Å². The van der Waals surface area contributed by atoms with E-state index < -0.39 is 6.04 Å². The lowest BCUT2D eigenvalue weighted by Crippen LogP contribution is -2.30. The number of amides is 1. The maximum Gasteiger partial charge on any atom is 0.255 e. The Morgan fingerprint density at radius 1 is 0.912 bits per heavy atom. The first kappa shape index (κ1) is 21.6. The second kappa shape index (κ2) is 8.62. The average molecular weight is 456 g/mol. The van der Waals surface area contributed by atoms with Crippen LogP contribution in [0.2, 0.25) is 0 Å². The summed E-state index contributed by atoms with van der Waals surface area (Å²) in [7, 11) is 3.20. The Hall–Kier alpha value is -4.20. The van der Waals surface area contributed by atoms with Crippen LogP contribution < -0.4 is 9.47 Å². The molecule has 1 aliphatic rings. The van der Waals surface area contributed by atoms with Crippen molar-refractivity contribution in [3.8, 4) is 17.2 Å². The van der Waals surface area contributed by atoms with Gasteiger partial charge in [0.25, 0.3) is 5.91 Å². The van der Waals surface area contributed by atoms with E-state index >= 15 is 0 Å². The molecular formula is C26H25N5O3. The molecule has 34 heavy (non-hydrogen) atoms. The minimum atomic E-state index is -0.439. The largest absolute Gasteiger partial charge is 0.493 e. The maximum absolute atomic E-state index is 13.6. The summed E-state index contributed by atoms with van der Waals surface area (Å²) < 4.78 is 12.6. The molecule has 0 bridgehead atoms. The van der Waals surface area contributed by atoms with Gasteiger partial charge in [0.1, 0.15) is 6.04 Å². The first-order chi connectivity index (χ1) is 16.5. The molecular weight excluding hydrogens is 430 g/mol. The number of benzene rings is 3. The summed E-state index contributed by atoms with van der Waals surface area (Å²) in [6.45, 7) is 4.42. The highest BCUT2D eigenvalue weighted by atomic mass is 16.5. The van der Waals surface area contributed by atoms with E-state index in [0.717, 1.165) is 27.9 Å². The number of nitrogens with zero attached hydrogens (tertiary/aromatic N) is 5. The molecule has 8 heteroatoms. The van der Waals surface area contributed by atoms with Crippen LogP contribution in [0, 0.1) is 13.8 Å². The van der Waals surface area contributed by atoms with Gasteiger partial charge in [-0.05, 0) is 64.7 Å². The predicted molar refractivity (Wildman–Crippen MR) is 126 cm³/mol. The van der Waals surface area contributed by atoms with Gasteiger partial charge in [-0.25, -0.2) is 0 Å². The van der Waals surface area contributed by atoms with E-state index in [1.54, 1.807) is 18.9 Å². The van der Waals surface area contributed by atoms with Crippen LogP contribution in [0.3, 0.4) is 0 Å². The molecule has 0 aliphatic carbocycles. The van der Waals surface area contributed by atoms with Crippen LogP contribution in [0.15, 0.2) is 60.7 Å². The molecule has 4 aromatic rings. The lowest BCUT2D eigenvalue weighted by molar-refractivity contribution is 0.0729. The van der Waals surface area contributed by atoms with Crippen LogP contribution in [-0.2, 0) is 6.54 Å². The first-order valence-electron chi connectivity index (χ1n) is 11.0. The van der Waals surface area contributed by atoms with Crippen LogP contribution >= 0.6 is 0 Å². The number of tetrazole rings is 1. The smallest absolute Gasteiger partial charge is 0.255 e. The Bertz CT molecular complexity index is 1360. The molecule has 0 N–H and O–H groups in total. The number of ether oxygens (including phenoxy) is 2.